The summed E-state index contributed by atoms with van der Waals surface area (Å²) in [4.78, 5) is 40.2. The molecule has 0 bridgehead atoms. The molecule has 0 atom stereocenters. The van der Waals surface area contributed by atoms with Crippen LogP contribution in [-0.2, 0) is 17.7 Å². The molecule has 0 radical (unpaired) electrons. The van der Waals surface area contributed by atoms with Gasteiger partial charge < -0.3 is 28.9 Å². The zero-order chi connectivity index (χ0) is 34.4. The van der Waals surface area contributed by atoms with Crippen LogP contribution in [0.1, 0.15) is 76.0 Å². The maximum atomic E-state index is 14.2. The molecule has 2 aromatic heterocycles. The van der Waals surface area contributed by atoms with E-state index in [1.807, 2.05) is 52.5 Å². The van der Waals surface area contributed by atoms with E-state index < -0.39 is 11.4 Å². The molecule has 3 aromatic rings. The minimum Gasteiger partial charge on any atom is -0.490 e. The number of halogens is 2. The van der Waals surface area contributed by atoms with Crippen LogP contribution in [0.4, 0.5) is 15.0 Å². The lowest BCUT2D eigenvalue weighted by atomic mass is 9.61. The summed E-state index contributed by atoms with van der Waals surface area (Å²) >= 11 is 6.42. The van der Waals surface area contributed by atoms with Crippen LogP contribution in [-0.4, -0.2) is 85.9 Å². The highest BCUT2D eigenvalue weighted by Gasteiger charge is 2.54. The summed E-state index contributed by atoms with van der Waals surface area (Å²) in [6.45, 7) is 14.0. The predicted octanol–water partition coefficient (Wildman–Crippen LogP) is 6.06. The first kappa shape index (κ1) is 33.6. The number of fused-ring (bicyclic) bond motifs is 1. The third kappa shape index (κ3) is 6.96. The molecule has 1 aliphatic carbocycles. The van der Waals surface area contributed by atoms with Crippen molar-refractivity contribution in [3.63, 3.8) is 0 Å². The molecule has 1 saturated heterocycles. The first-order valence-electron chi connectivity index (χ1n) is 16.3. The molecule has 0 N–H and O–H groups in total. The molecule has 2 aliphatic heterocycles. The summed E-state index contributed by atoms with van der Waals surface area (Å²) in [5.41, 5.74) is 1.45. The molecule has 48 heavy (non-hydrogen) atoms. The average Bonchev–Trinajstić information content (AvgIpc) is 2.98. The summed E-state index contributed by atoms with van der Waals surface area (Å²) < 4.78 is 32.1. The highest BCUT2D eigenvalue weighted by Crippen LogP contribution is 2.51. The molecule has 2 fully saturated rings. The molecular weight excluding hydrogens is 641 g/mol. The number of pyridine rings is 1. The zero-order valence-electron chi connectivity index (χ0n) is 28.1. The van der Waals surface area contributed by atoms with E-state index in [2.05, 4.69) is 20.2 Å². The van der Waals surface area contributed by atoms with E-state index in [0.29, 0.717) is 45.0 Å². The number of nitrogens with zero attached hydrogens (tertiary/aromatic N) is 7. The number of aromatic nitrogens is 4. The van der Waals surface area contributed by atoms with Crippen molar-refractivity contribution in [1.29, 1.82) is 0 Å². The molecule has 256 valence electrons. The van der Waals surface area contributed by atoms with E-state index in [1.165, 1.54) is 12.1 Å². The lowest BCUT2D eigenvalue weighted by molar-refractivity contribution is -0.0351. The molecule has 12 nitrogen and oxygen atoms in total. The van der Waals surface area contributed by atoms with E-state index >= 15 is 0 Å². The standard InChI is InChI=1S/C34H41ClFN7O5/c1-7-43(20(2)3)30(44)24-14-21(36)8-9-26(24)47-31-38-29(28(35)39-40-31)42-18-34(19-42)15-22(16-34)46-27-10-12-37-25-17-41(13-11-23(25)27)32(45)48-33(4,5)6/h8-10,12,14,20,22H,7,11,13,15-19H2,1-6H3. The molecule has 14 heteroatoms. The Bertz CT molecular complexity index is 1700. The first-order valence-corrected chi connectivity index (χ1v) is 16.7. The van der Waals surface area contributed by atoms with Crippen LogP contribution in [0.2, 0.25) is 5.15 Å². The minimum atomic E-state index is -0.557. The van der Waals surface area contributed by atoms with Gasteiger partial charge in [-0.25, -0.2) is 9.18 Å². The van der Waals surface area contributed by atoms with E-state index in [-0.39, 0.29) is 52.0 Å². The van der Waals surface area contributed by atoms with Crippen molar-refractivity contribution in [2.75, 3.05) is 31.1 Å². The average molecular weight is 682 g/mol. The van der Waals surface area contributed by atoms with Crippen molar-refractivity contribution in [2.24, 2.45) is 5.41 Å². The smallest absolute Gasteiger partial charge is 0.410 e. The molecule has 4 heterocycles. The van der Waals surface area contributed by atoms with Gasteiger partial charge in [0.05, 0.1) is 17.8 Å². The molecule has 1 spiro atoms. The molecule has 1 aromatic carbocycles. The fraction of sp³-hybridized carbons (Fsp3) is 0.529. The largest absolute Gasteiger partial charge is 0.490 e. The zero-order valence-corrected chi connectivity index (χ0v) is 28.9. The van der Waals surface area contributed by atoms with Crippen molar-refractivity contribution >= 4 is 29.4 Å². The quantitative estimate of drug-likeness (QED) is 0.277. The van der Waals surface area contributed by atoms with Gasteiger partial charge in [-0.05, 0) is 85.1 Å². The van der Waals surface area contributed by atoms with E-state index in [0.717, 1.165) is 35.9 Å². The summed E-state index contributed by atoms with van der Waals surface area (Å²) in [5.74, 6) is 0.473. The minimum absolute atomic E-state index is 0.0587. The number of carbonyl (C=O) groups excluding carboxylic acids is 2. The summed E-state index contributed by atoms with van der Waals surface area (Å²) in [6, 6.07) is 5.49. The van der Waals surface area contributed by atoms with Crippen LogP contribution in [0.5, 0.6) is 17.5 Å². The van der Waals surface area contributed by atoms with Gasteiger partial charge >= 0.3 is 12.1 Å². The normalized spacial score (nSPS) is 17.0. The van der Waals surface area contributed by atoms with E-state index in [4.69, 9.17) is 25.8 Å². The number of hydrogen-bond donors (Lipinski definition) is 0. The van der Waals surface area contributed by atoms with Crippen molar-refractivity contribution in [3.05, 3.63) is 58.3 Å². The lowest BCUT2D eigenvalue weighted by Gasteiger charge is -2.58. The van der Waals surface area contributed by atoms with Gasteiger partial charge in [-0.2, -0.15) is 4.98 Å². The molecule has 2 amide bonds. The van der Waals surface area contributed by atoms with Gasteiger partial charge in [-0.15, -0.1) is 5.10 Å². The molecule has 1 saturated carbocycles. The monoisotopic (exact) mass is 681 g/mol. The van der Waals surface area contributed by atoms with Crippen molar-refractivity contribution < 1.29 is 28.2 Å². The molecule has 6 rings (SSSR count). The van der Waals surface area contributed by atoms with Crippen LogP contribution in [0.15, 0.2) is 30.5 Å². The maximum absolute atomic E-state index is 14.2. The Morgan fingerprint density at radius 2 is 1.90 bits per heavy atom. The summed E-state index contributed by atoms with van der Waals surface area (Å²) in [6.07, 6.45) is 3.84. The summed E-state index contributed by atoms with van der Waals surface area (Å²) in [7, 11) is 0. The molecule has 3 aliphatic rings. The van der Waals surface area contributed by atoms with E-state index in [9.17, 15) is 14.0 Å². The second-order valence-corrected chi connectivity index (χ2v) is 14.4. The number of hydrogen-bond acceptors (Lipinski definition) is 10. The van der Waals surface area contributed by atoms with Gasteiger partial charge in [0.15, 0.2) is 11.0 Å². The Balaban J connectivity index is 1.07. The Hall–Kier alpha value is -4.26. The Morgan fingerprint density at radius 3 is 2.58 bits per heavy atom. The number of rotatable bonds is 8. The van der Waals surface area contributed by atoms with Crippen molar-refractivity contribution in [1.82, 2.24) is 30.0 Å². The van der Waals surface area contributed by atoms with E-state index in [1.54, 1.807) is 16.0 Å². The Labute approximate surface area is 284 Å². The second kappa shape index (κ2) is 13.0. The molecular formula is C34H41ClFN7O5. The van der Waals surface area contributed by atoms with Crippen LogP contribution < -0.4 is 14.4 Å². The van der Waals surface area contributed by atoms with Gasteiger partial charge in [0, 0.05) is 49.4 Å². The van der Waals surface area contributed by atoms with Gasteiger partial charge in [0.25, 0.3) is 5.91 Å². The number of carbonyl (C=O) groups is 2. The summed E-state index contributed by atoms with van der Waals surface area (Å²) in [5, 5.41) is 8.16. The maximum Gasteiger partial charge on any atom is 0.410 e. The highest BCUT2D eigenvalue weighted by atomic mass is 35.5. The topological polar surface area (TPSA) is 123 Å². The predicted molar refractivity (Wildman–Crippen MR) is 176 cm³/mol. The highest BCUT2D eigenvalue weighted by molar-refractivity contribution is 6.31. The fourth-order valence-electron chi connectivity index (χ4n) is 6.65. The first-order chi connectivity index (χ1) is 22.7. The van der Waals surface area contributed by atoms with Crippen molar-refractivity contribution in [2.45, 2.75) is 85.1 Å². The van der Waals surface area contributed by atoms with Crippen LogP contribution in [0, 0.1) is 11.2 Å². The SMILES string of the molecule is CCN(C(=O)c1cc(F)ccc1Oc1nnc(Cl)c(N2CC3(CC(Oc4ccnc5c4CCN(C(=O)OC(C)(C)C)C5)C3)C2)n1)C(C)C. The van der Waals surface area contributed by atoms with Gasteiger partial charge in [0.1, 0.15) is 29.0 Å². The van der Waals surface area contributed by atoms with Crippen LogP contribution in [0.25, 0.3) is 0 Å². The number of benzene rings is 1. The van der Waals surface area contributed by atoms with Gasteiger partial charge in [0.2, 0.25) is 0 Å². The lowest BCUT2D eigenvalue weighted by Crippen LogP contribution is -2.65. The molecule has 0 unspecified atom stereocenters. The van der Waals surface area contributed by atoms with Crippen molar-refractivity contribution in [3.8, 4) is 17.5 Å². The van der Waals surface area contributed by atoms with Crippen LogP contribution in [0.3, 0.4) is 0 Å². The number of ether oxygens (including phenoxy) is 3. The Morgan fingerprint density at radius 1 is 1.15 bits per heavy atom. The van der Waals surface area contributed by atoms with Gasteiger partial charge in [-0.3, -0.25) is 9.78 Å². The fourth-order valence-corrected chi connectivity index (χ4v) is 6.85. The second-order valence-electron chi connectivity index (χ2n) is 14.0. The van der Waals surface area contributed by atoms with Crippen LogP contribution >= 0.6 is 11.6 Å². The number of anilines is 1. The Kier molecular flexibility index (Phi) is 9.10. The number of amides is 2. The van der Waals surface area contributed by atoms with Gasteiger partial charge in [-0.1, -0.05) is 16.7 Å². The third-order valence-electron chi connectivity index (χ3n) is 8.90. The third-order valence-corrected chi connectivity index (χ3v) is 9.15.